The van der Waals surface area contributed by atoms with E-state index in [-0.39, 0.29) is 49.9 Å². The van der Waals surface area contributed by atoms with Crippen LogP contribution < -0.4 is 0 Å². The minimum atomic E-state index is -1.52. The molecule has 0 N–H and O–H groups in total. The Hall–Kier alpha value is -7.38. The molecule has 4 aromatic rings. The lowest BCUT2D eigenvalue weighted by Gasteiger charge is -2.34. The van der Waals surface area contributed by atoms with Crippen molar-refractivity contribution in [3.63, 3.8) is 0 Å². The number of likely N-dealkylation sites (N-methyl/N-ethyl adjacent to an activating group) is 4. The van der Waals surface area contributed by atoms with E-state index in [1.807, 2.05) is 90.3 Å². The van der Waals surface area contributed by atoms with Crippen LogP contribution >= 0.6 is 0 Å². The minimum absolute atomic E-state index is 0.0930. The molecule has 6 atom stereocenters. The van der Waals surface area contributed by atoms with Gasteiger partial charge in [-0.1, -0.05) is 104 Å². The summed E-state index contributed by atoms with van der Waals surface area (Å²) in [6.07, 6.45) is 4.00. The van der Waals surface area contributed by atoms with E-state index in [1.165, 1.54) is 28.2 Å². The van der Waals surface area contributed by atoms with Crippen LogP contribution in [0.1, 0.15) is 96.9 Å². The number of hydrogen-bond acceptors (Lipinski definition) is 14. The lowest BCUT2D eigenvalue weighted by molar-refractivity contribution is -0.173. The lowest BCUT2D eigenvalue weighted by Crippen LogP contribution is -2.54. The van der Waals surface area contributed by atoms with Gasteiger partial charge in [0.25, 0.3) is 23.6 Å². The summed E-state index contributed by atoms with van der Waals surface area (Å²) >= 11 is 0. The molecular weight excluding hydrogens is 989 g/mol. The van der Waals surface area contributed by atoms with Gasteiger partial charge in [0.05, 0.1) is 13.1 Å². The topological polar surface area (TPSA) is 222 Å². The monoisotopic (exact) mass is 1070 g/mol. The fourth-order valence-corrected chi connectivity index (χ4v) is 9.15. The Kier molecular flexibility index (Phi) is 22.1. The van der Waals surface area contributed by atoms with Crippen LogP contribution in [0.25, 0.3) is 0 Å². The van der Waals surface area contributed by atoms with Crippen LogP contribution in [0.3, 0.4) is 0 Å². The van der Waals surface area contributed by atoms with Crippen molar-refractivity contribution in [2.75, 3.05) is 41.4 Å². The Morgan fingerprint density at radius 2 is 0.818 bits per heavy atom. The summed E-state index contributed by atoms with van der Waals surface area (Å²) in [6.45, 7) is 13.8. The summed E-state index contributed by atoms with van der Waals surface area (Å²) in [7, 11) is 5.51. The van der Waals surface area contributed by atoms with E-state index in [2.05, 4.69) is 10.2 Å². The quantitative estimate of drug-likeness (QED) is 0.113. The molecule has 0 aliphatic carbocycles. The van der Waals surface area contributed by atoms with Gasteiger partial charge < -0.3 is 38.5 Å². The molecule has 5 rings (SSSR count). The molecule has 77 heavy (non-hydrogen) atoms. The van der Waals surface area contributed by atoms with Gasteiger partial charge in [0.15, 0.2) is 25.4 Å². The number of cyclic esters (lactones) is 4. The third-order valence-corrected chi connectivity index (χ3v) is 13.5. The zero-order valence-electron chi connectivity index (χ0n) is 46.7. The van der Waals surface area contributed by atoms with E-state index in [4.69, 9.17) is 18.9 Å². The number of esters is 4. The van der Waals surface area contributed by atoms with Crippen molar-refractivity contribution < 1.29 is 57.3 Å². The second kappa shape index (κ2) is 28.1. The van der Waals surface area contributed by atoms with Crippen molar-refractivity contribution in [3.8, 4) is 0 Å². The predicted molar refractivity (Wildman–Crippen MR) is 284 cm³/mol. The van der Waals surface area contributed by atoms with Gasteiger partial charge in [0.1, 0.15) is 24.2 Å². The van der Waals surface area contributed by atoms with Crippen LogP contribution in [0.4, 0.5) is 0 Å². The van der Waals surface area contributed by atoms with Crippen LogP contribution in [0, 0.1) is 23.7 Å². The first-order valence-corrected chi connectivity index (χ1v) is 26.3. The molecule has 1 fully saturated rings. The molecule has 3 heterocycles. The zero-order chi connectivity index (χ0) is 56.7. The van der Waals surface area contributed by atoms with Crippen molar-refractivity contribution in [2.24, 2.45) is 23.7 Å². The first-order valence-electron chi connectivity index (χ1n) is 26.3. The van der Waals surface area contributed by atoms with Gasteiger partial charge in [0, 0.05) is 65.8 Å². The fourth-order valence-electron chi connectivity index (χ4n) is 9.15. The number of benzene rings is 2. The molecule has 2 aromatic heterocycles. The summed E-state index contributed by atoms with van der Waals surface area (Å²) in [4.78, 5) is 120. The number of aromatic nitrogens is 4. The van der Waals surface area contributed by atoms with Crippen LogP contribution in [0.5, 0.6) is 0 Å². The highest BCUT2D eigenvalue weighted by Crippen LogP contribution is 2.23. The van der Waals surface area contributed by atoms with Crippen LogP contribution in [-0.4, -0.2) is 164 Å². The van der Waals surface area contributed by atoms with E-state index < -0.39 is 103 Å². The lowest BCUT2D eigenvalue weighted by atomic mass is 10.00. The fraction of sp³-hybridized carbons (Fsp3) is 0.544. The summed E-state index contributed by atoms with van der Waals surface area (Å²) in [5.74, 6) is -7.79. The van der Waals surface area contributed by atoms with E-state index >= 15 is 0 Å². The van der Waals surface area contributed by atoms with Crippen molar-refractivity contribution in [3.05, 3.63) is 108 Å². The number of rotatable bonds is 15. The average molecular weight is 1070 g/mol. The number of carbonyl (C=O) groups excluding carboxylic acids is 8. The van der Waals surface area contributed by atoms with Gasteiger partial charge in [-0.3, -0.25) is 28.5 Å². The summed E-state index contributed by atoms with van der Waals surface area (Å²) < 4.78 is 27.1. The van der Waals surface area contributed by atoms with Gasteiger partial charge in [0.2, 0.25) is 0 Å². The van der Waals surface area contributed by atoms with Crippen molar-refractivity contribution in [1.29, 1.82) is 0 Å². The Morgan fingerprint density at radius 3 is 1.17 bits per heavy atom. The Labute approximate surface area is 452 Å². The number of ether oxygens (including phenoxy) is 4. The first kappa shape index (κ1) is 60.5. The van der Waals surface area contributed by atoms with E-state index in [9.17, 15) is 38.4 Å². The summed E-state index contributed by atoms with van der Waals surface area (Å²) in [6, 6.07) is 13.2. The second-order valence-corrected chi connectivity index (χ2v) is 21.5. The maximum absolute atomic E-state index is 14.8. The molecule has 0 radical (unpaired) electrons. The van der Waals surface area contributed by atoms with Crippen LogP contribution in [0.15, 0.2) is 85.5 Å². The van der Waals surface area contributed by atoms with E-state index in [1.54, 1.807) is 59.9 Å². The first-order chi connectivity index (χ1) is 36.4. The molecule has 0 spiro atoms. The van der Waals surface area contributed by atoms with E-state index in [0.29, 0.717) is 24.2 Å². The molecule has 1 aliphatic rings. The van der Waals surface area contributed by atoms with Gasteiger partial charge in [-0.2, -0.15) is 10.2 Å². The Balaban J connectivity index is 1.53. The Morgan fingerprint density at radius 1 is 0.468 bits per heavy atom. The largest absolute Gasteiger partial charge is 0.454 e. The van der Waals surface area contributed by atoms with Crippen molar-refractivity contribution in [2.45, 2.75) is 137 Å². The molecule has 2 aromatic carbocycles. The summed E-state index contributed by atoms with van der Waals surface area (Å²) in [5.41, 5.74) is 3.07. The highest BCUT2D eigenvalue weighted by atomic mass is 16.6. The van der Waals surface area contributed by atoms with Gasteiger partial charge in [-0.05, 0) is 77.3 Å². The van der Waals surface area contributed by atoms with Crippen molar-refractivity contribution >= 4 is 47.5 Å². The minimum Gasteiger partial charge on any atom is -0.454 e. The highest BCUT2D eigenvalue weighted by molar-refractivity contribution is 5.93. The van der Waals surface area contributed by atoms with Gasteiger partial charge in [-0.15, -0.1) is 0 Å². The summed E-state index contributed by atoms with van der Waals surface area (Å²) in [5, 5.41) is 8.53. The SMILES string of the molecule is CC(C)C[C@H]1C(=O)O[C@H](Cc2ccc(Cn3cccn3)cc2)C(=O)N(C)C(C(C)C)C(=O)OCC(=O)N(C)[C@@H](CC(C)C)C(=O)O[C@H](Cc2ccc(Cn3cccn3)cc2)C(=O)N(C)[C@@H](CC(C)C)C(=O)OCC(=O)N1C. The molecule has 1 saturated heterocycles. The standard InChI is InChI=1S/C57H78N8O12/c1-36(2)27-44-54(70)74-34-49(66)60(9)46(29-38(5)6)56(72)77-48(31-41-17-21-43(22-18-41)33-65-26-14-24-59-65)53(69)63(12)51(39(7)8)57(73)75-35-50(67)61(10)45(28-37(3)4)55(71)76-47(52(68)62(44)11)30-40-15-19-42(20-16-40)32-64-25-13-23-58-64/h13-26,36-39,44-48,51H,27-35H2,1-12H3/t44-,45-,46-,47+,48+,51?/m0/s1. The predicted octanol–water partition coefficient (Wildman–Crippen LogP) is 4.99. The van der Waals surface area contributed by atoms with Crippen LogP contribution in [-0.2, 0) is 83.2 Å². The number of amides is 4. The smallest absolute Gasteiger partial charge is 0.329 e. The molecular formula is C57H78N8O12. The maximum atomic E-state index is 14.8. The Bertz CT molecular complexity index is 2590. The molecule has 418 valence electrons. The molecule has 4 amide bonds. The zero-order valence-corrected chi connectivity index (χ0v) is 46.7. The molecule has 20 heteroatoms. The molecule has 1 aliphatic heterocycles. The van der Waals surface area contributed by atoms with Crippen LogP contribution in [0.2, 0.25) is 0 Å². The second-order valence-electron chi connectivity index (χ2n) is 21.5. The normalized spacial score (nSPS) is 21.7. The number of nitrogens with zero attached hydrogens (tertiary/aromatic N) is 8. The highest BCUT2D eigenvalue weighted by Gasteiger charge is 2.41. The molecule has 20 nitrogen and oxygen atoms in total. The maximum Gasteiger partial charge on any atom is 0.329 e. The van der Waals surface area contributed by atoms with Gasteiger partial charge in [-0.25, -0.2) is 19.2 Å². The van der Waals surface area contributed by atoms with Gasteiger partial charge >= 0.3 is 23.9 Å². The van der Waals surface area contributed by atoms with Crippen molar-refractivity contribution in [1.82, 2.24) is 39.2 Å². The number of carbonyl (C=O) groups is 8. The molecule has 0 saturated carbocycles. The average Bonchev–Trinajstić information content (AvgIpc) is 4.11. The third kappa shape index (κ3) is 17.3. The number of hydrogen-bond donors (Lipinski definition) is 0. The molecule has 1 unspecified atom stereocenters. The third-order valence-electron chi connectivity index (χ3n) is 13.5. The van der Waals surface area contributed by atoms with E-state index in [0.717, 1.165) is 30.7 Å². The molecule has 0 bridgehead atoms.